The van der Waals surface area contributed by atoms with Gasteiger partial charge >= 0.3 is 0 Å². The van der Waals surface area contributed by atoms with Gasteiger partial charge in [0.1, 0.15) is 11.4 Å². The van der Waals surface area contributed by atoms with E-state index in [4.69, 9.17) is 21.4 Å². The fraction of sp³-hybridized carbons (Fsp3) is 0. The third-order valence-electron chi connectivity index (χ3n) is 4.80. The Balaban J connectivity index is 1.62. The molecule has 0 saturated carbocycles. The molecule has 0 fully saturated rings. The SMILES string of the molecule is O=C1/C(=C/c2cn(-c3ccccc3)nc2-c2ccc(Br)cc2)Oc2ccc(Cl)cc21. The van der Waals surface area contributed by atoms with E-state index in [1.165, 1.54) is 0 Å². The molecule has 4 aromatic rings. The number of Topliss-reactive ketones (excluding diaryl/α,β-unsaturated/α-hetero) is 1. The molecule has 0 N–H and O–H groups in total. The topological polar surface area (TPSA) is 44.1 Å². The monoisotopic (exact) mass is 476 g/mol. The molecule has 2 heterocycles. The Morgan fingerprint density at radius 2 is 1.77 bits per heavy atom. The highest BCUT2D eigenvalue weighted by molar-refractivity contribution is 9.10. The molecule has 0 radical (unpaired) electrons. The van der Waals surface area contributed by atoms with Gasteiger partial charge in [-0.2, -0.15) is 5.10 Å². The van der Waals surface area contributed by atoms with Crippen molar-refractivity contribution in [2.24, 2.45) is 0 Å². The molecule has 1 aliphatic rings. The van der Waals surface area contributed by atoms with Crippen LogP contribution in [0, 0.1) is 0 Å². The molecule has 4 nitrogen and oxygen atoms in total. The zero-order valence-corrected chi connectivity index (χ0v) is 17.9. The predicted molar refractivity (Wildman–Crippen MR) is 121 cm³/mol. The summed E-state index contributed by atoms with van der Waals surface area (Å²) in [7, 11) is 0. The van der Waals surface area contributed by atoms with Crippen LogP contribution in [0.25, 0.3) is 23.0 Å². The third-order valence-corrected chi connectivity index (χ3v) is 5.56. The molecule has 0 aliphatic carbocycles. The van der Waals surface area contributed by atoms with Crippen molar-refractivity contribution in [3.8, 4) is 22.7 Å². The number of hydrogen-bond acceptors (Lipinski definition) is 3. The van der Waals surface area contributed by atoms with Gasteiger partial charge in [-0.3, -0.25) is 4.79 Å². The average molecular weight is 478 g/mol. The number of ketones is 1. The highest BCUT2D eigenvalue weighted by Crippen LogP contribution is 2.35. The number of hydrogen-bond donors (Lipinski definition) is 0. The summed E-state index contributed by atoms with van der Waals surface area (Å²) in [4.78, 5) is 12.8. The summed E-state index contributed by atoms with van der Waals surface area (Å²) in [6.07, 6.45) is 3.63. The summed E-state index contributed by atoms with van der Waals surface area (Å²) in [5.74, 6) is 0.566. The van der Waals surface area contributed by atoms with Gasteiger partial charge in [0.05, 0.1) is 11.3 Å². The summed E-state index contributed by atoms with van der Waals surface area (Å²) in [6.45, 7) is 0. The highest BCUT2D eigenvalue weighted by atomic mass is 79.9. The minimum absolute atomic E-state index is 0.193. The molecular weight excluding hydrogens is 464 g/mol. The van der Waals surface area contributed by atoms with Crippen molar-refractivity contribution < 1.29 is 9.53 Å². The van der Waals surface area contributed by atoms with E-state index in [1.807, 2.05) is 60.8 Å². The third kappa shape index (κ3) is 3.47. The molecule has 0 spiro atoms. The first-order valence-corrected chi connectivity index (χ1v) is 10.4. The molecule has 0 unspecified atom stereocenters. The van der Waals surface area contributed by atoms with E-state index in [1.54, 1.807) is 29.0 Å². The maximum absolute atomic E-state index is 12.8. The number of allylic oxidation sites excluding steroid dienone is 1. The predicted octanol–water partition coefficient (Wildman–Crippen LogP) is 6.57. The lowest BCUT2D eigenvalue weighted by Gasteiger charge is -2.01. The minimum atomic E-state index is -0.193. The lowest BCUT2D eigenvalue weighted by atomic mass is 10.1. The van der Waals surface area contributed by atoms with Crippen LogP contribution < -0.4 is 4.74 Å². The Hall–Kier alpha value is -3.15. The Morgan fingerprint density at radius 3 is 2.53 bits per heavy atom. The van der Waals surface area contributed by atoms with Crippen LogP contribution in [0.15, 0.2) is 89.2 Å². The second-order valence-corrected chi connectivity index (χ2v) is 8.15. The molecule has 0 atom stereocenters. The van der Waals surface area contributed by atoms with Crippen LogP contribution in [0.5, 0.6) is 5.75 Å². The van der Waals surface area contributed by atoms with Crippen molar-refractivity contribution >= 4 is 39.4 Å². The van der Waals surface area contributed by atoms with Crippen molar-refractivity contribution in [3.63, 3.8) is 0 Å². The fourth-order valence-electron chi connectivity index (χ4n) is 3.34. The van der Waals surface area contributed by atoms with Gasteiger partial charge in [-0.25, -0.2) is 4.68 Å². The average Bonchev–Trinajstić information content (AvgIpc) is 3.31. The number of ether oxygens (including phenoxy) is 1. The molecule has 5 rings (SSSR count). The Kier molecular flexibility index (Phi) is 4.77. The quantitative estimate of drug-likeness (QED) is 0.313. The molecule has 0 saturated heterocycles. The molecule has 146 valence electrons. The van der Waals surface area contributed by atoms with Gasteiger partial charge in [0.15, 0.2) is 5.76 Å². The number of halogens is 2. The number of para-hydroxylation sites is 1. The Labute approximate surface area is 186 Å². The molecule has 0 bridgehead atoms. The molecule has 30 heavy (non-hydrogen) atoms. The second-order valence-electron chi connectivity index (χ2n) is 6.80. The first kappa shape index (κ1) is 18.9. The molecule has 0 amide bonds. The molecule has 3 aromatic carbocycles. The lowest BCUT2D eigenvalue weighted by molar-refractivity contribution is 0.101. The van der Waals surface area contributed by atoms with Crippen molar-refractivity contribution in [1.82, 2.24) is 9.78 Å². The Bertz CT molecular complexity index is 1290. The largest absolute Gasteiger partial charge is 0.452 e. The van der Waals surface area contributed by atoms with Crippen LogP contribution in [0.3, 0.4) is 0 Å². The first-order chi connectivity index (χ1) is 14.6. The van der Waals surface area contributed by atoms with Crippen LogP contribution in [0.2, 0.25) is 5.02 Å². The Morgan fingerprint density at radius 1 is 1.00 bits per heavy atom. The summed E-state index contributed by atoms with van der Waals surface area (Å²) < 4.78 is 8.59. The van der Waals surface area contributed by atoms with Gasteiger partial charge in [-0.05, 0) is 48.5 Å². The number of benzene rings is 3. The van der Waals surface area contributed by atoms with E-state index in [9.17, 15) is 4.79 Å². The summed E-state index contributed by atoms with van der Waals surface area (Å²) >= 11 is 9.51. The van der Waals surface area contributed by atoms with Crippen molar-refractivity contribution in [2.75, 3.05) is 0 Å². The maximum atomic E-state index is 12.8. The summed E-state index contributed by atoms with van der Waals surface area (Å²) in [5, 5.41) is 5.28. The number of fused-ring (bicyclic) bond motifs is 1. The summed E-state index contributed by atoms with van der Waals surface area (Å²) in [5.41, 5.74) is 3.86. The first-order valence-electron chi connectivity index (χ1n) is 9.23. The molecular formula is C24H14BrClN2O2. The van der Waals surface area contributed by atoms with Crippen LogP contribution in [-0.2, 0) is 0 Å². The van der Waals surface area contributed by atoms with Crippen LogP contribution in [-0.4, -0.2) is 15.6 Å². The molecule has 6 heteroatoms. The zero-order chi connectivity index (χ0) is 20.7. The van der Waals surface area contributed by atoms with E-state index in [0.29, 0.717) is 16.3 Å². The lowest BCUT2D eigenvalue weighted by Crippen LogP contribution is -1.98. The van der Waals surface area contributed by atoms with E-state index >= 15 is 0 Å². The molecule has 1 aromatic heterocycles. The smallest absolute Gasteiger partial charge is 0.232 e. The highest BCUT2D eigenvalue weighted by Gasteiger charge is 2.28. The fourth-order valence-corrected chi connectivity index (χ4v) is 3.78. The van der Waals surface area contributed by atoms with Gasteiger partial charge in [-0.1, -0.05) is 57.9 Å². The van der Waals surface area contributed by atoms with E-state index < -0.39 is 0 Å². The van der Waals surface area contributed by atoms with Crippen molar-refractivity contribution in [3.05, 3.63) is 105 Å². The van der Waals surface area contributed by atoms with Gasteiger partial charge in [0.25, 0.3) is 0 Å². The van der Waals surface area contributed by atoms with Crippen LogP contribution in [0.1, 0.15) is 15.9 Å². The van der Waals surface area contributed by atoms with Crippen molar-refractivity contribution in [1.29, 1.82) is 0 Å². The number of rotatable bonds is 3. The normalized spacial score (nSPS) is 14.1. The molecule has 1 aliphatic heterocycles. The van der Waals surface area contributed by atoms with Crippen molar-refractivity contribution in [2.45, 2.75) is 0 Å². The summed E-state index contributed by atoms with van der Waals surface area (Å²) in [6, 6.07) is 22.8. The standard InChI is InChI=1S/C24H14BrClN2O2/c25-17-8-6-15(7-9-17)23-16(14-28(27-23)19-4-2-1-3-5-19)12-22-24(29)20-13-18(26)10-11-21(20)30-22/h1-14H/b22-12-. The van der Waals surface area contributed by atoms with Gasteiger partial charge in [-0.15, -0.1) is 0 Å². The van der Waals surface area contributed by atoms with E-state index in [0.717, 1.165) is 27.0 Å². The number of nitrogens with zero attached hydrogens (tertiary/aromatic N) is 2. The maximum Gasteiger partial charge on any atom is 0.232 e. The minimum Gasteiger partial charge on any atom is -0.452 e. The van der Waals surface area contributed by atoms with Gasteiger partial charge < -0.3 is 4.74 Å². The number of carbonyl (C=O) groups is 1. The second kappa shape index (κ2) is 7.59. The van der Waals surface area contributed by atoms with E-state index in [-0.39, 0.29) is 11.5 Å². The van der Waals surface area contributed by atoms with Crippen LogP contribution >= 0.6 is 27.5 Å². The van der Waals surface area contributed by atoms with E-state index in [2.05, 4.69) is 15.9 Å². The zero-order valence-electron chi connectivity index (χ0n) is 15.5. The van der Waals surface area contributed by atoms with Gasteiger partial charge in [0, 0.05) is 26.8 Å². The van der Waals surface area contributed by atoms with Crippen LogP contribution in [0.4, 0.5) is 0 Å². The van der Waals surface area contributed by atoms with Gasteiger partial charge in [0.2, 0.25) is 5.78 Å². The number of aromatic nitrogens is 2. The number of carbonyl (C=O) groups excluding carboxylic acids is 1.